The van der Waals surface area contributed by atoms with Crippen LogP contribution in [0.2, 0.25) is 0 Å². The molecule has 0 bridgehead atoms. The summed E-state index contributed by atoms with van der Waals surface area (Å²) in [5, 5.41) is 0. The first-order valence-electron chi connectivity index (χ1n) is 4.56. The third-order valence-electron chi connectivity index (χ3n) is 2.40. The van der Waals surface area contributed by atoms with E-state index in [4.69, 9.17) is 11.5 Å². The molecule has 1 aromatic carbocycles. The van der Waals surface area contributed by atoms with Crippen molar-refractivity contribution >= 4 is 17.5 Å². The summed E-state index contributed by atoms with van der Waals surface area (Å²) in [6.45, 7) is 0.487. The summed E-state index contributed by atoms with van der Waals surface area (Å²) in [7, 11) is 0. The molecule has 5 heteroatoms. The standard InChI is InChI=1S/C10H11N3O2/c11-8-5-13(10(8)15)7-3-1-2-6(4-7)9(12)14/h1-4,8H,5,11H2,(H2,12,14). The summed E-state index contributed by atoms with van der Waals surface area (Å²) in [6, 6.07) is 6.22. The molecule has 1 atom stereocenters. The molecule has 1 aliphatic heterocycles. The van der Waals surface area contributed by atoms with E-state index >= 15 is 0 Å². The number of anilines is 1. The molecule has 1 unspecified atom stereocenters. The van der Waals surface area contributed by atoms with Crippen molar-refractivity contribution in [3.05, 3.63) is 29.8 Å². The van der Waals surface area contributed by atoms with E-state index in [1.54, 1.807) is 24.3 Å². The SMILES string of the molecule is NC(=O)c1cccc(N2CC(N)C2=O)c1. The molecule has 0 aliphatic carbocycles. The van der Waals surface area contributed by atoms with Gasteiger partial charge in [-0.2, -0.15) is 0 Å². The van der Waals surface area contributed by atoms with E-state index in [2.05, 4.69) is 0 Å². The lowest BCUT2D eigenvalue weighted by molar-refractivity contribution is -0.123. The highest BCUT2D eigenvalue weighted by Crippen LogP contribution is 2.21. The molecule has 78 valence electrons. The number of benzene rings is 1. The monoisotopic (exact) mass is 205 g/mol. The third-order valence-corrected chi connectivity index (χ3v) is 2.40. The van der Waals surface area contributed by atoms with Gasteiger partial charge in [-0.05, 0) is 18.2 Å². The normalized spacial score (nSPS) is 19.9. The summed E-state index contributed by atoms with van der Waals surface area (Å²) in [4.78, 5) is 23.8. The zero-order chi connectivity index (χ0) is 11.0. The highest BCUT2D eigenvalue weighted by molar-refractivity contribution is 6.04. The van der Waals surface area contributed by atoms with Crippen LogP contribution < -0.4 is 16.4 Å². The number of rotatable bonds is 2. The molecular weight excluding hydrogens is 194 g/mol. The largest absolute Gasteiger partial charge is 0.366 e. The summed E-state index contributed by atoms with van der Waals surface area (Å²) >= 11 is 0. The van der Waals surface area contributed by atoms with Gasteiger partial charge in [0.05, 0.1) is 6.54 Å². The minimum Gasteiger partial charge on any atom is -0.366 e. The first-order chi connectivity index (χ1) is 7.09. The van der Waals surface area contributed by atoms with Crippen molar-refractivity contribution in [1.82, 2.24) is 0 Å². The minimum absolute atomic E-state index is 0.128. The van der Waals surface area contributed by atoms with E-state index < -0.39 is 11.9 Å². The topological polar surface area (TPSA) is 89.4 Å². The van der Waals surface area contributed by atoms with Crippen molar-refractivity contribution in [2.45, 2.75) is 6.04 Å². The van der Waals surface area contributed by atoms with Crippen LogP contribution in [-0.4, -0.2) is 24.4 Å². The zero-order valence-corrected chi connectivity index (χ0v) is 8.01. The number of nitrogens with two attached hydrogens (primary N) is 2. The Kier molecular flexibility index (Phi) is 2.17. The molecule has 15 heavy (non-hydrogen) atoms. The van der Waals surface area contributed by atoms with Gasteiger partial charge in [0.2, 0.25) is 11.8 Å². The number of hydrogen-bond donors (Lipinski definition) is 2. The molecule has 2 amide bonds. The van der Waals surface area contributed by atoms with Crippen LogP contribution in [0.25, 0.3) is 0 Å². The predicted molar refractivity (Wildman–Crippen MR) is 55.3 cm³/mol. The Balaban J connectivity index is 2.26. The fourth-order valence-electron chi connectivity index (χ4n) is 1.51. The highest BCUT2D eigenvalue weighted by Gasteiger charge is 2.34. The van der Waals surface area contributed by atoms with Gasteiger partial charge < -0.3 is 16.4 Å². The summed E-state index contributed by atoms with van der Waals surface area (Å²) in [6.07, 6.45) is 0. The van der Waals surface area contributed by atoms with Gasteiger partial charge in [0.25, 0.3) is 0 Å². The number of amides is 2. The summed E-state index contributed by atoms with van der Waals surface area (Å²) < 4.78 is 0. The highest BCUT2D eigenvalue weighted by atomic mass is 16.2. The average molecular weight is 205 g/mol. The minimum atomic E-state index is -0.505. The summed E-state index contributed by atoms with van der Waals surface area (Å²) in [5.74, 6) is -0.634. The molecule has 5 nitrogen and oxygen atoms in total. The molecule has 4 N–H and O–H groups in total. The lowest BCUT2D eigenvalue weighted by Gasteiger charge is -2.36. The quantitative estimate of drug-likeness (QED) is 0.635. The van der Waals surface area contributed by atoms with Crippen molar-refractivity contribution in [3.8, 4) is 0 Å². The molecule has 0 saturated carbocycles. The lowest BCUT2D eigenvalue weighted by Crippen LogP contribution is -2.61. The van der Waals surface area contributed by atoms with E-state index in [0.717, 1.165) is 0 Å². The van der Waals surface area contributed by atoms with Crippen molar-refractivity contribution in [2.24, 2.45) is 11.5 Å². The Bertz CT molecular complexity index is 430. The molecule has 0 spiro atoms. The Morgan fingerprint density at radius 2 is 2.20 bits per heavy atom. The van der Waals surface area contributed by atoms with Gasteiger partial charge in [0, 0.05) is 11.3 Å². The maximum absolute atomic E-state index is 11.3. The Labute approximate surface area is 86.6 Å². The molecular formula is C10H11N3O2. The number of primary amides is 1. The first-order valence-corrected chi connectivity index (χ1v) is 4.56. The third kappa shape index (κ3) is 1.57. The molecule has 0 aromatic heterocycles. The van der Waals surface area contributed by atoms with Gasteiger partial charge in [-0.3, -0.25) is 9.59 Å². The van der Waals surface area contributed by atoms with Crippen LogP contribution in [0.4, 0.5) is 5.69 Å². The van der Waals surface area contributed by atoms with E-state index in [1.807, 2.05) is 0 Å². The second-order valence-electron chi connectivity index (χ2n) is 3.47. The van der Waals surface area contributed by atoms with Crippen LogP contribution in [0, 0.1) is 0 Å². The van der Waals surface area contributed by atoms with Crippen molar-refractivity contribution in [3.63, 3.8) is 0 Å². The lowest BCUT2D eigenvalue weighted by atomic mass is 10.1. The van der Waals surface area contributed by atoms with Crippen LogP contribution >= 0.6 is 0 Å². The van der Waals surface area contributed by atoms with Crippen LogP contribution in [0.3, 0.4) is 0 Å². The van der Waals surface area contributed by atoms with Gasteiger partial charge >= 0.3 is 0 Å². The predicted octanol–water partition coefficient (Wildman–Crippen LogP) is -0.541. The number of nitrogens with zero attached hydrogens (tertiary/aromatic N) is 1. The zero-order valence-electron chi connectivity index (χ0n) is 8.01. The van der Waals surface area contributed by atoms with E-state index in [0.29, 0.717) is 17.8 Å². The Morgan fingerprint density at radius 1 is 1.47 bits per heavy atom. The summed E-state index contributed by atoms with van der Waals surface area (Å²) in [5.41, 5.74) is 11.7. The molecule has 0 radical (unpaired) electrons. The van der Waals surface area contributed by atoms with Gasteiger partial charge in [-0.25, -0.2) is 0 Å². The number of β-lactam (4-membered cyclic amide) rings is 1. The first kappa shape index (κ1) is 9.67. The van der Waals surface area contributed by atoms with Crippen LogP contribution in [-0.2, 0) is 4.79 Å². The molecule has 1 aliphatic rings. The smallest absolute Gasteiger partial charge is 0.248 e. The van der Waals surface area contributed by atoms with Crippen LogP contribution in [0.15, 0.2) is 24.3 Å². The second kappa shape index (κ2) is 3.36. The number of hydrogen-bond acceptors (Lipinski definition) is 3. The molecule has 1 aromatic rings. The molecule has 1 heterocycles. The van der Waals surface area contributed by atoms with Crippen LogP contribution in [0.1, 0.15) is 10.4 Å². The second-order valence-corrected chi connectivity index (χ2v) is 3.47. The number of carbonyl (C=O) groups excluding carboxylic acids is 2. The molecule has 2 rings (SSSR count). The Hall–Kier alpha value is -1.88. The van der Waals surface area contributed by atoms with Gasteiger partial charge in [0.15, 0.2) is 0 Å². The van der Waals surface area contributed by atoms with Gasteiger partial charge in [-0.15, -0.1) is 0 Å². The average Bonchev–Trinajstić information content (AvgIpc) is 2.25. The maximum Gasteiger partial charge on any atom is 0.248 e. The Morgan fingerprint density at radius 3 is 2.73 bits per heavy atom. The van der Waals surface area contributed by atoms with Crippen molar-refractivity contribution in [1.29, 1.82) is 0 Å². The fraction of sp³-hybridized carbons (Fsp3) is 0.200. The van der Waals surface area contributed by atoms with Gasteiger partial charge in [0.1, 0.15) is 6.04 Å². The van der Waals surface area contributed by atoms with Crippen molar-refractivity contribution < 1.29 is 9.59 Å². The molecule has 1 saturated heterocycles. The number of carbonyl (C=O) groups is 2. The van der Waals surface area contributed by atoms with E-state index in [1.165, 1.54) is 4.90 Å². The van der Waals surface area contributed by atoms with Gasteiger partial charge in [-0.1, -0.05) is 6.07 Å². The maximum atomic E-state index is 11.3. The van der Waals surface area contributed by atoms with E-state index in [9.17, 15) is 9.59 Å². The molecule has 1 fully saturated rings. The van der Waals surface area contributed by atoms with E-state index in [-0.39, 0.29) is 5.91 Å². The van der Waals surface area contributed by atoms with Crippen molar-refractivity contribution in [2.75, 3.05) is 11.4 Å². The fourth-order valence-corrected chi connectivity index (χ4v) is 1.51. The van der Waals surface area contributed by atoms with Crippen LogP contribution in [0.5, 0.6) is 0 Å².